The Hall–Kier alpha value is -1.26. The van der Waals surface area contributed by atoms with E-state index in [1.807, 2.05) is 11.8 Å². The highest BCUT2D eigenvalue weighted by Crippen LogP contribution is 2.37. The van der Waals surface area contributed by atoms with Gasteiger partial charge >= 0.3 is 12.0 Å². The summed E-state index contributed by atoms with van der Waals surface area (Å²) in [5.41, 5.74) is 0. The van der Waals surface area contributed by atoms with Crippen molar-refractivity contribution in [1.29, 1.82) is 0 Å². The molecular weight excluding hydrogens is 220 g/mol. The van der Waals surface area contributed by atoms with Gasteiger partial charge in [-0.05, 0) is 31.6 Å². The lowest BCUT2D eigenvalue weighted by molar-refractivity contribution is -0.139. The second-order valence-electron chi connectivity index (χ2n) is 5.11. The summed E-state index contributed by atoms with van der Waals surface area (Å²) in [6, 6.07) is -0.597. The largest absolute Gasteiger partial charge is 0.480 e. The first kappa shape index (κ1) is 12.2. The molecule has 1 aliphatic carbocycles. The fraction of sp³-hybridized carbons (Fsp3) is 0.833. The molecule has 5 heteroatoms. The monoisotopic (exact) mass is 240 g/mol. The van der Waals surface area contributed by atoms with Gasteiger partial charge in [-0.25, -0.2) is 9.59 Å². The quantitative estimate of drug-likeness (QED) is 0.781. The Balaban J connectivity index is 1.89. The van der Waals surface area contributed by atoms with Crippen molar-refractivity contribution in [2.24, 2.45) is 5.92 Å². The smallest absolute Gasteiger partial charge is 0.326 e. The van der Waals surface area contributed by atoms with Gasteiger partial charge in [0.2, 0.25) is 0 Å². The number of carbonyl (C=O) groups excluding carboxylic acids is 1. The van der Waals surface area contributed by atoms with E-state index in [4.69, 9.17) is 5.11 Å². The Labute approximate surface area is 101 Å². The third kappa shape index (κ3) is 2.53. The molecule has 0 aromatic rings. The van der Waals surface area contributed by atoms with Gasteiger partial charge in [-0.3, -0.25) is 0 Å². The zero-order chi connectivity index (χ0) is 12.4. The second-order valence-corrected chi connectivity index (χ2v) is 5.11. The fourth-order valence-electron chi connectivity index (χ4n) is 2.95. The number of amides is 2. The molecule has 2 rings (SSSR count). The van der Waals surface area contributed by atoms with Gasteiger partial charge in [0.05, 0.1) is 0 Å². The molecule has 2 aliphatic rings. The number of nitrogens with one attached hydrogen (secondary N) is 1. The number of piperidine rings is 1. The summed E-state index contributed by atoms with van der Waals surface area (Å²) in [6.45, 7) is 2.72. The molecule has 1 saturated heterocycles. The van der Waals surface area contributed by atoms with Crippen LogP contribution in [0.1, 0.15) is 39.0 Å². The van der Waals surface area contributed by atoms with Crippen molar-refractivity contribution in [3.63, 3.8) is 0 Å². The third-order valence-electron chi connectivity index (χ3n) is 3.84. The van der Waals surface area contributed by atoms with Crippen LogP contribution in [0.3, 0.4) is 0 Å². The number of likely N-dealkylation sites (tertiary alicyclic amines) is 1. The van der Waals surface area contributed by atoms with Crippen LogP contribution in [0.15, 0.2) is 0 Å². The molecule has 17 heavy (non-hydrogen) atoms. The third-order valence-corrected chi connectivity index (χ3v) is 3.84. The van der Waals surface area contributed by atoms with E-state index >= 15 is 0 Å². The number of hydrogen-bond donors (Lipinski definition) is 2. The van der Waals surface area contributed by atoms with E-state index in [0.29, 0.717) is 18.4 Å². The van der Waals surface area contributed by atoms with Gasteiger partial charge in [-0.1, -0.05) is 13.3 Å². The summed E-state index contributed by atoms with van der Waals surface area (Å²) in [5, 5.41) is 11.6. The molecule has 3 unspecified atom stereocenters. The highest BCUT2D eigenvalue weighted by Gasteiger charge is 2.40. The molecule has 96 valence electrons. The van der Waals surface area contributed by atoms with Crippen LogP contribution in [0.4, 0.5) is 4.79 Å². The van der Waals surface area contributed by atoms with Crippen molar-refractivity contribution in [3.05, 3.63) is 0 Å². The minimum atomic E-state index is -0.940. The average Bonchev–Trinajstić information content (AvgIpc) is 2.89. The fourth-order valence-corrected chi connectivity index (χ4v) is 2.95. The van der Waals surface area contributed by atoms with Gasteiger partial charge in [0.1, 0.15) is 6.04 Å². The Morgan fingerprint density at radius 3 is 2.71 bits per heavy atom. The van der Waals surface area contributed by atoms with Crippen molar-refractivity contribution < 1.29 is 14.7 Å². The average molecular weight is 240 g/mol. The molecule has 3 atom stereocenters. The number of hydrogen-bond acceptors (Lipinski definition) is 2. The zero-order valence-corrected chi connectivity index (χ0v) is 10.2. The summed E-state index contributed by atoms with van der Waals surface area (Å²) in [7, 11) is 0. The SMILES string of the molecule is CCCC(NC(=O)N1CC2CCC1C2)C(=O)O. The van der Waals surface area contributed by atoms with Gasteiger partial charge in [0, 0.05) is 12.6 Å². The van der Waals surface area contributed by atoms with Crippen LogP contribution < -0.4 is 5.32 Å². The first-order chi connectivity index (χ1) is 8.11. The minimum absolute atomic E-state index is 0.196. The van der Waals surface area contributed by atoms with Crippen molar-refractivity contribution in [1.82, 2.24) is 10.2 Å². The van der Waals surface area contributed by atoms with Crippen molar-refractivity contribution in [3.8, 4) is 0 Å². The normalized spacial score (nSPS) is 28.2. The van der Waals surface area contributed by atoms with Crippen LogP contribution in [0, 0.1) is 5.92 Å². The number of carboxylic acids is 1. The Bertz CT molecular complexity index is 319. The highest BCUT2D eigenvalue weighted by atomic mass is 16.4. The van der Waals surface area contributed by atoms with E-state index in [1.165, 1.54) is 6.42 Å². The zero-order valence-electron chi connectivity index (χ0n) is 10.2. The van der Waals surface area contributed by atoms with E-state index in [0.717, 1.165) is 25.8 Å². The highest BCUT2D eigenvalue weighted by molar-refractivity contribution is 5.82. The molecule has 0 aromatic carbocycles. The summed E-state index contributed by atoms with van der Waals surface area (Å²) in [4.78, 5) is 24.8. The first-order valence-electron chi connectivity index (χ1n) is 6.41. The van der Waals surface area contributed by atoms with Crippen LogP contribution in [-0.2, 0) is 4.79 Å². The number of fused-ring (bicyclic) bond motifs is 2. The van der Waals surface area contributed by atoms with Gasteiger partial charge < -0.3 is 15.3 Å². The van der Waals surface area contributed by atoms with E-state index < -0.39 is 12.0 Å². The van der Waals surface area contributed by atoms with Gasteiger partial charge in [-0.2, -0.15) is 0 Å². The summed E-state index contributed by atoms with van der Waals surface area (Å²) in [5.74, 6) is -0.301. The number of aliphatic carboxylic acids is 1. The maximum absolute atomic E-state index is 12.0. The molecule has 5 nitrogen and oxygen atoms in total. The van der Waals surface area contributed by atoms with Crippen LogP contribution in [-0.4, -0.2) is 40.6 Å². The Morgan fingerprint density at radius 1 is 1.47 bits per heavy atom. The number of carbonyl (C=O) groups is 2. The molecule has 0 radical (unpaired) electrons. The molecule has 1 aliphatic heterocycles. The maximum Gasteiger partial charge on any atom is 0.326 e. The number of rotatable bonds is 4. The summed E-state index contributed by atoms with van der Waals surface area (Å²) >= 11 is 0. The second kappa shape index (κ2) is 4.94. The van der Waals surface area contributed by atoms with Gasteiger partial charge in [-0.15, -0.1) is 0 Å². The molecular formula is C12H20N2O3. The molecule has 0 aromatic heterocycles. The number of urea groups is 1. The van der Waals surface area contributed by atoms with E-state index in [9.17, 15) is 9.59 Å². The van der Waals surface area contributed by atoms with Crippen molar-refractivity contribution in [2.45, 2.75) is 51.1 Å². The molecule has 2 amide bonds. The maximum atomic E-state index is 12.0. The molecule has 2 N–H and O–H groups in total. The van der Waals surface area contributed by atoms with E-state index in [1.54, 1.807) is 0 Å². The number of nitrogens with zero attached hydrogens (tertiary/aromatic N) is 1. The molecule has 0 spiro atoms. The van der Waals surface area contributed by atoms with E-state index in [2.05, 4.69) is 5.32 Å². The predicted octanol–water partition coefficient (Wildman–Crippen LogP) is 1.43. The lowest BCUT2D eigenvalue weighted by Crippen LogP contribution is -2.50. The topological polar surface area (TPSA) is 69.6 Å². The lowest BCUT2D eigenvalue weighted by atomic mass is 10.1. The van der Waals surface area contributed by atoms with Gasteiger partial charge in [0.25, 0.3) is 0 Å². The van der Waals surface area contributed by atoms with Crippen molar-refractivity contribution >= 4 is 12.0 Å². The molecule has 1 saturated carbocycles. The Morgan fingerprint density at radius 2 is 2.24 bits per heavy atom. The standard InChI is InChI=1S/C12H20N2O3/c1-2-3-10(11(15)16)13-12(17)14-7-8-4-5-9(14)6-8/h8-10H,2-7H2,1H3,(H,13,17)(H,15,16). The van der Waals surface area contributed by atoms with Crippen LogP contribution in [0.5, 0.6) is 0 Å². The van der Waals surface area contributed by atoms with Crippen LogP contribution >= 0.6 is 0 Å². The Kier molecular flexibility index (Phi) is 3.54. The van der Waals surface area contributed by atoms with Crippen LogP contribution in [0.2, 0.25) is 0 Å². The predicted molar refractivity (Wildman–Crippen MR) is 62.7 cm³/mol. The van der Waals surface area contributed by atoms with Crippen molar-refractivity contribution in [2.75, 3.05) is 6.54 Å². The molecule has 1 heterocycles. The number of carboxylic acid groups (broad SMARTS) is 1. The van der Waals surface area contributed by atoms with Gasteiger partial charge in [0.15, 0.2) is 0 Å². The first-order valence-corrected chi connectivity index (χ1v) is 6.41. The summed E-state index contributed by atoms with van der Waals surface area (Å²) < 4.78 is 0. The molecule has 2 fully saturated rings. The minimum Gasteiger partial charge on any atom is -0.480 e. The lowest BCUT2D eigenvalue weighted by Gasteiger charge is -2.28. The van der Waals surface area contributed by atoms with Crippen LogP contribution in [0.25, 0.3) is 0 Å². The molecule has 2 bridgehead atoms. The van der Waals surface area contributed by atoms with E-state index in [-0.39, 0.29) is 6.03 Å². The summed E-state index contributed by atoms with van der Waals surface area (Å²) in [6.07, 6.45) is 4.63.